The molecule has 3 heterocycles. The normalized spacial score (nSPS) is 19.5. The van der Waals surface area contributed by atoms with Crippen LogP contribution >= 0.6 is 11.8 Å². The number of aromatic amines is 1. The van der Waals surface area contributed by atoms with Crippen LogP contribution in [0.15, 0.2) is 6.33 Å². The molecule has 1 aliphatic heterocycles. The van der Waals surface area contributed by atoms with Crippen molar-refractivity contribution in [3.8, 4) is 0 Å². The van der Waals surface area contributed by atoms with Crippen LogP contribution in [0, 0.1) is 0 Å². The van der Waals surface area contributed by atoms with Gasteiger partial charge in [-0.05, 0) is 25.5 Å². The van der Waals surface area contributed by atoms with Crippen molar-refractivity contribution in [3.63, 3.8) is 0 Å². The molecule has 102 valence electrons. The van der Waals surface area contributed by atoms with Crippen molar-refractivity contribution in [3.05, 3.63) is 6.33 Å². The number of nitrogens with zero attached hydrogens (tertiary/aromatic N) is 3. The van der Waals surface area contributed by atoms with Gasteiger partial charge < -0.3 is 15.6 Å². The average molecular weight is 278 g/mol. The minimum atomic E-state index is 0.481. The highest BCUT2D eigenvalue weighted by Gasteiger charge is 2.17. The van der Waals surface area contributed by atoms with Gasteiger partial charge in [0, 0.05) is 18.3 Å². The topological polar surface area (TPSA) is 78.5 Å². The van der Waals surface area contributed by atoms with Crippen LogP contribution in [-0.2, 0) is 0 Å². The summed E-state index contributed by atoms with van der Waals surface area (Å²) in [5.41, 5.74) is 1.59. The number of anilines is 2. The number of H-pyrrole nitrogens is 1. The molecule has 19 heavy (non-hydrogen) atoms. The van der Waals surface area contributed by atoms with Gasteiger partial charge in [-0.15, -0.1) is 0 Å². The Bertz CT molecular complexity index is 548. The first-order valence-corrected chi connectivity index (χ1v) is 7.81. The van der Waals surface area contributed by atoms with E-state index in [1.54, 1.807) is 6.33 Å². The fourth-order valence-electron chi connectivity index (χ4n) is 2.22. The Balaban J connectivity index is 1.88. The highest BCUT2D eigenvalue weighted by molar-refractivity contribution is 7.99. The molecule has 6 nitrogen and oxygen atoms in total. The Morgan fingerprint density at radius 1 is 1.47 bits per heavy atom. The molecule has 0 amide bonds. The predicted molar refractivity (Wildman–Crippen MR) is 79.8 cm³/mol. The maximum Gasteiger partial charge on any atom is 0.226 e. The highest BCUT2D eigenvalue weighted by Crippen LogP contribution is 2.24. The van der Waals surface area contributed by atoms with Crippen LogP contribution in [0.1, 0.15) is 19.8 Å². The second-order valence-electron chi connectivity index (χ2n) is 4.59. The van der Waals surface area contributed by atoms with E-state index in [0.717, 1.165) is 23.6 Å². The van der Waals surface area contributed by atoms with Gasteiger partial charge in [-0.3, -0.25) is 0 Å². The molecule has 0 aromatic carbocycles. The lowest BCUT2D eigenvalue weighted by atomic mass is 10.2. The standard InChI is InChI=1S/C12H18N6S/c1-2-13-12-17-10-9(14-7-15-10)11(18-12)16-8-4-3-5-19-6-8/h7-8H,2-6H2,1H3,(H3,13,14,15,16,17,18). The van der Waals surface area contributed by atoms with Crippen LogP contribution in [0.25, 0.3) is 11.2 Å². The van der Waals surface area contributed by atoms with Gasteiger partial charge in [0.25, 0.3) is 0 Å². The monoisotopic (exact) mass is 278 g/mol. The third kappa shape index (κ3) is 2.75. The zero-order valence-corrected chi connectivity index (χ0v) is 11.8. The van der Waals surface area contributed by atoms with Crippen molar-refractivity contribution < 1.29 is 0 Å². The number of hydrogen-bond acceptors (Lipinski definition) is 6. The molecule has 0 saturated carbocycles. The summed E-state index contributed by atoms with van der Waals surface area (Å²) < 4.78 is 0. The molecule has 0 aliphatic carbocycles. The van der Waals surface area contributed by atoms with Crippen molar-refractivity contribution in [2.24, 2.45) is 0 Å². The van der Waals surface area contributed by atoms with Crippen LogP contribution in [0.3, 0.4) is 0 Å². The Morgan fingerprint density at radius 2 is 2.42 bits per heavy atom. The summed E-state index contributed by atoms with van der Waals surface area (Å²) in [6, 6.07) is 0.481. The molecular weight excluding hydrogens is 260 g/mol. The van der Waals surface area contributed by atoms with Crippen molar-refractivity contribution in [1.29, 1.82) is 0 Å². The van der Waals surface area contributed by atoms with Gasteiger partial charge in [0.2, 0.25) is 5.95 Å². The average Bonchev–Trinajstić information content (AvgIpc) is 2.89. The van der Waals surface area contributed by atoms with Gasteiger partial charge in [0.05, 0.1) is 6.33 Å². The summed E-state index contributed by atoms with van der Waals surface area (Å²) in [5.74, 6) is 3.89. The van der Waals surface area contributed by atoms with Crippen LogP contribution < -0.4 is 10.6 Å². The SMILES string of the molecule is CCNc1nc(NC2CCCSC2)c2[nH]cnc2n1. The summed E-state index contributed by atoms with van der Waals surface area (Å²) >= 11 is 2.00. The molecule has 7 heteroatoms. The third-order valence-electron chi connectivity index (χ3n) is 3.12. The number of fused-ring (bicyclic) bond motifs is 1. The van der Waals surface area contributed by atoms with Gasteiger partial charge in [-0.1, -0.05) is 0 Å². The van der Waals surface area contributed by atoms with Crippen LogP contribution in [0.4, 0.5) is 11.8 Å². The van der Waals surface area contributed by atoms with E-state index in [2.05, 4.69) is 30.6 Å². The Morgan fingerprint density at radius 3 is 3.21 bits per heavy atom. The zero-order valence-electron chi connectivity index (χ0n) is 10.9. The van der Waals surface area contributed by atoms with Gasteiger partial charge in [0.15, 0.2) is 11.5 Å². The molecule has 0 radical (unpaired) electrons. The first-order valence-electron chi connectivity index (χ1n) is 6.66. The van der Waals surface area contributed by atoms with Gasteiger partial charge >= 0.3 is 0 Å². The summed E-state index contributed by atoms with van der Waals surface area (Å²) in [6.07, 6.45) is 4.12. The van der Waals surface area contributed by atoms with Crippen molar-refractivity contribution in [1.82, 2.24) is 19.9 Å². The fourth-order valence-corrected chi connectivity index (χ4v) is 3.29. The molecule has 3 rings (SSSR count). The Kier molecular flexibility index (Phi) is 3.72. The van der Waals surface area contributed by atoms with E-state index in [1.165, 1.54) is 18.6 Å². The lowest BCUT2D eigenvalue weighted by molar-refractivity contribution is 0.683. The molecule has 0 bridgehead atoms. The minimum Gasteiger partial charge on any atom is -0.365 e. The number of thioether (sulfide) groups is 1. The smallest absolute Gasteiger partial charge is 0.226 e. The first-order chi connectivity index (χ1) is 9.36. The predicted octanol–water partition coefficient (Wildman–Crippen LogP) is 2.09. The lowest BCUT2D eigenvalue weighted by Crippen LogP contribution is -2.26. The van der Waals surface area contributed by atoms with Crippen LogP contribution in [0.2, 0.25) is 0 Å². The molecule has 1 atom stereocenters. The van der Waals surface area contributed by atoms with E-state index < -0.39 is 0 Å². The van der Waals surface area contributed by atoms with E-state index in [4.69, 9.17) is 0 Å². The summed E-state index contributed by atoms with van der Waals surface area (Å²) in [6.45, 7) is 2.83. The molecule has 1 unspecified atom stereocenters. The van der Waals surface area contributed by atoms with Gasteiger partial charge in [0.1, 0.15) is 5.52 Å². The van der Waals surface area contributed by atoms with Crippen LogP contribution in [-0.4, -0.2) is 44.0 Å². The summed E-state index contributed by atoms with van der Waals surface area (Å²) in [7, 11) is 0. The quantitative estimate of drug-likeness (QED) is 0.795. The minimum absolute atomic E-state index is 0.481. The number of rotatable bonds is 4. The van der Waals surface area contributed by atoms with E-state index in [9.17, 15) is 0 Å². The second kappa shape index (κ2) is 5.64. The lowest BCUT2D eigenvalue weighted by Gasteiger charge is -2.23. The van der Waals surface area contributed by atoms with E-state index in [0.29, 0.717) is 17.6 Å². The number of imidazole rings is 1. The zero-order chi connectivity index (χ0) is 13.1. The Labute approximate surface area is 116 Å². The molecule has 3 N–H and O–H groups in total. The second-order valence-corrected chi connectivity index (χ2v) is 5.74. The number of hydrogen-bond donors (Lipinski definition) is 3. The summed E-state index contributed by atoms with van der Waals surface area (Å²) in [5, 5.41) is 6.67. The van der Waals surface area contributed by atoms with Crippen molar-refractivity contribution >= 4 is 34.7 Å². The molecule has 1 aliphatic rings. The fraction of sp³-hybridized carbons (Fsp3) is 0.583. The number of aromatic nitrogens is 4. The van der Waals surface area contributed by atoms with E-state index >= 15 is 0 Å². The summed E-state index contributed by atoms with van der Waals surface area (Å²) in [4.78, 5) is 16.2. The molecule has 2 aromatic heterocycles. The molecule has 1 fully saturated rings. The Hall–Kier alpha value is -1.50. The molecular formula is C12H18N6S. The maximum absolute atomic E-state index is 4.54. The van der Waals surface area contributed by atoms with Crippen molar-refractivity contribution in [2.75, 3.05) is 28.7 Å². The third-order valence-corrected chi connectivity index (χ3v) is 4.34. The van der Waals surface area contributed by atoms with E-state index in [-0.39, 0.29) is 0 Å². The van der Waals surface area contributed by atoms with Gasteiger partial charge in [-0.2, -0.15) is 21.7 Å². The van der Waals surface area contributed by atoms with Gasteiger partial charge in [-0.25, -0.2) is 4.98 Å². The maximum atomic E-state index is 4.54. The molecule has 1 saturated heterocycles. The molecule has 0 spiro atoms. The molecule has 2 aromatic rings. The largest absolute Gasteiger partial charge is 0.365 e. The number of nitrogens with one attached hydrogen (secondary N) is 3. The first kappa shape index (κ1) is 12.5. The van der Waals surface area contributed by atoms with Crippen molar-refractivity contribution in [2.45, 2.75) is 25.8 Å². The highest BCUT2D eigenvalue weighted by atomic mass is 32.2. The van der Waals surface area contributed by atoms with E-state index in [1.807, 2.05) is 18.7 Å². The van der Waals surface area contributed by atoms with Crippen LogP contribution in [0.5, 0.6) is 0 Å².